The second kappa shape index (κ2) is 11.1. The summed E-state index contributed by atoms with van der Waals surface area (Å²) >= 11 is 0. The van der Waals surface area contributed by atoms with Gasteiger partial charge in [0.1, 0.15) is 12.0 Å². The topological polar surface area (TPSA) is 144 Å². The molecule has 3 atom stereocenters. The van der Waals surface area contributed by atoms with Gasteiger partial charge in [-0.2, -0.15) is 5.26 Å². The fraction of sp³-hybridized carbons (Fsp3) is 0.286. The van der Waals surface area contributed by atoms with Crippen LogP contribution in [0.4, 0.5) is 0 Å². The molecule has 3 unspecified atom stereocenters. The Morgan fingerprint density at radius 2 is 1.51 bits per heavy atom. The van der Waals surface area contributed by atoms with Crippen molar-refractivity contribution in [2.24, 2.45) is 5.41 Å². The summed E-state index contributed by atoms with van der Waals surface area (Å²) in [7, 11) is 1.45. The van der Waals surface area contributed by atoms with Crippen LogP contribution in [0.5, 0.6) is 0 Å². The molecule has 2 aromatic carbocycles. The number of rotatable bonds is 8. The fourth-order valence-electron chi connectivity index (χ4n) is 3.99. The smallest absolute Gasteiger partial charge is 0.333 e. The van der Waals surface area contributed by atoms with E-state index in [1.165, 1.54) is 7.05 Å². The summed E-state index contributed by atoms with van der Waals surface area (Å²) in [4.78, 5) is 37.2. The number of nitrogens with zero attached hydrogens (tertiary/aromatic N) is 2. The van der Waals surface area contributed by atoms with E-state index < -0.39 is 41.3 Å². The van der Waals surface area contributed by atoms with Gasteiger partial charge in [0, 0.05) is 25.1 Å². The van der Waals surface area contributed by atoms with Gasteiger partial charge < -0.3 is 25.4 Å². The summed E-state index contributed by atoms with van der Waals surface area (Å²) in [6.45, 7) is 5.31. The van der Waals surface area contributed by atoms with Gasteiger partial charge in [-0.25, -0.2) is 4.79 Å². The van der Waals surface area contributed by atoms with E-state index in [2.05, 4.69) is 16.7 Å². The number of nitrogens with one attached hydrogen (secondary N) is 2. The molecule has 9 heteroatoms. The zero-order chi connectivity index (χ0) is 27.3. The molecule has 9 nitrogen and oxygen atoms in total. The molecule has 0 aliphatic heterocycles. The number of aliphatic carboxylic acids is 1. The molecule has 37 heavy (non-hydrogen) atoms. The average Bonchev–Trinajstić information content (AvgIpc) is 3.36. The van der Waals surface area contributed by atoms with Crippen molar-refractivity contribution in [2.75, 3.05) is 7.05 Å². The molecule has 2 amide bonds. The van der Waals surface area contributed by atoms with Crippen molar-refractivity contribution in [1.29, 1.82) is 5.26 Å². The summed E-state index contributed by atoms with van der Waals surface area (Å²) in [5.41, 5.74) is 2.85. The Morgan fingerprint density at radius 1 is 0.946 bits per heavy atom. The first-order valence-corrected chi connectivity index (χ1v) is 11.7. The molecule has 0 spiro atoms. The molecule has 1 aromatic heterocycles. The Morgan fingerprint density at radius 3 is 2.00 bits per heavy atom. The highest BCUT2D eigenvalue weighted by molar-refractivity contribution is 5.94. The molecular formula is C28H30N4O5. The number of carbonyl (C=O) groups excluding carboxylic acids is 2. The lowest BCUT2D eigenvalue weighted by Crippen LogP contribution is -2.55. The lowest BCUT2D eigenvalue weighted by molar-refractivity contribution is -0.151. The molecule has 0 bridgehead atoms. The largest absolute Gasteiger partial charge is 0.479 e. The van der Waals surface area contributed by atoms with E-state index in [1.54, 1.807) is 55.9 Å². The van der Waals surface area contributed by atoms with Gasteiger partial charge in [0.25, 0.3) is 0 Å². The Bertz CT molecular complexity index is 1310. The Kier molecular flexibility index (Phi) is 8.15. The van der Waals surface area contributed by atoms with Crippen molar-refractivity contribution in [3.63, 3.8) is 0 Å². The maximum atomic E-state index is 13.2. The SMILES string of the molecule is CNC(=O)C(NC(=O)C(c1ccn(-c2ccc(-c3ccc(C#N)cc3)cc2)c1)C(O)C(=O)O)C(C)(C)C. The van der Waals surface area contributed by atoms with Gasteiger partial charge in [-0.1, -0.05) is 45.0 Å². The van der Waals surface area contributed by atoms with Crippen molar-refractivity contribution in [1.82, 2.24) is 15.2 Å². The standard InChI is InChI=1S/C28H30N4O5/c1-28(2,3)24(26(35)30-4)31-25(34)22(23(33)27(36)37)20-13-14-32(16-20)21-11-9-19(10-12-21)18-7-5-17(15-29)6-8-18/h5-14,16,22-24,33H,1-4H3,(H,30,35)(H,31,34)(H,36,37). The molecule has 0 aliphatic rings. The van der Waals surface area contributed by atoms with Gasteiger partial charge in [0.05, 0.1) is 11.6 Å². The molecule has 3 rings (SSSR count). The summed E-state index contributed by atoms with van der Waals surface area (Å²) in [5, 5.41) is 34.0. The summed E-state index contributed by atoms with van der Waals surface area (Å²) < 4.78 is 1.72. The second-order valence-electron chi connectivity index (χ2n) is 9.77. The summed E-state index contributed by atoms with van der Waals surface area (Å²) in [6.07, 6.45) is 1.24. The number of carbonyl (C=O) groups is 3. The lowest BCUT2D eigenvalue weighted by Gasteiger charge is -2.31. The molecule has 4 N–H and O–H groups in total. The molecule has 0 radical (unpaired) electrons. The highest BCUT2D eigenvalue weighted by Crippen LogP contribution is 2.27. The molecular weight excluding hydrogens is 472 g/mol. The first kappa shape index (κ1) is 27.2. The maximum absolute atomic E-state index is 13.2. The number of aliphatic hydroxyl groups is 1. The molecule has 3 aromatic rings. The predicted octanol–water partition coefficient (Wildman–Crippen LogP) is 2.82. The van der Waals surface area contributed by atoms with Crippen molar-refractivity contribution in [2.45, 2.75) is 38.8 Å². The van der Waals surface area contributed by atoms with E-state index in [4.69, 9.17) is 5.26 Å². The number of amides is 2. The normalized spacial score (nSPS) is 13.6. The zero-order valence-corrected chi connectivity index (χ0v) is 21.1. The molecule has 0 aliphatic carbocycles. The van der Waals surface area contributed by atoms with Crippen LogP contribution in [-0.2, 0) is 14.4 Å². The van der Waals surface area contributed by atoms with Crippen molar-refractivity contribution in [3.05, 3.63) is 78.1 Å². The van der Waals surface area contributed by atoms with Gasteiger partial charge in [-0.15, -0.1) is 0 Å². The van der Waals surface area contributed by atoms with E-state index in [0.717, 1.165) is 16.8 Å². The number of hydrogen-bond acceptors (Lipinski definition) is 5. The first-order chi connectivity index (χ1) is 17.5. The van der Waals surface area contributed by atoms with Crippen molar-refractivity contribution < 1.29 is 24.6 Å². The highest BCUT2D eigenvalue weighted by Gasteiger charge is 2.39. The number of aliphatic hydroxyl groups excluding tert-OH is 1. The Hall–Kier alpha value is -4.42. The average molecular weight is 503 g/mol. The maximum Gasteiger partial charge on any atom is 0.333 e. The van der Waals surface area contributed by atoms with Crippen LogP contribution in [-0.4, -0.2) is 51.8 Å². The third kappa shape index (κ3) is 6.23. The van der Waals surface area contributed by atoms with Crippen LogP contribution in [0.2, 0.25) is 0 Å². The third-order valence-electron chi connectivity index (χ3n) is 6.10. The minimum atomic E-state index is -2.01. The number of nitriles is 1. The number of benzene rings is 2. The summed E-state index contributed by atoms with van der Waals surface area (Å²) in [5.74, 6) is -4.19. The second-order valence-corrected chi connectivity index (χ2v) is 9.77. The molecule has 0 saturated heterocycles. The molecule has 192 valence electrons. The quantitative estimate of drug-likeness (QED) is 0.373. The lowest BCUT2D eigenvalue weighted by atomic mass is 9.85. The van der Waals surface area contributed by atoms with Gasteiger partial charge in [0.15, 0.2) is 6.10 Å². The van der Waals surface area contributed by atoms with Crippen LogP contribution in [0.15, 0.2) is 67.0 Å². The van der Waals surface area contributed by atoms with Crippen molar-refractivity contribution >= 4 is 17.8 Å². The minimum absolute atomic E-state index is 0.285. The number of carboxylic acids is 1. The fourth-order valence-corrected chi connectivity index (χ4v) is 3.99. The number of carboxylic acid groups (broad SMARTS) is 1. The highest BCUT2D eigenvalue weighted by atomic mass is 16.4. The van der Waals surface area contributed by atoms with Crippen LogP contribution < -0.4 is 10.6 Å². The van der Waals surface area contributed by atoms with Crippen LogP contribution in [0.3, 0.4) is 0 Å². The Labute approximate surface area is 215 Å². The predicted molar refractivity (Wildman–Crippen MR) is 138 cm³/mol. The van der Waals surface area contributed by atoms with Crippen LogP contribution in [0.25, 0.3) is 16.8 Å². The van der Waals surface area contributed by atoms with E-state index >= 15 is 0 Å². The zero-order valence-electron chi connectivity index (χ0n) is 21.1. The molecule has 0 saturated carbocycles. The number of likely N-dealkylation sites (N-methyl/N-ethyl adjacent to an activating group) is 1. The molecule has 1 heterocycles. The van der Waals surface area contributed by atoms with Crippen LogP contribution >= 0.6 is 0 Å². The Balaban J connectivity index is 1.89. The van der Waals surface area contributed by atoms with Crippen molar-refractivity contribution in [3.8, 4) is 22.9 Å². The summed E-state index contributed by atoms with van der Waals surface area (Å²) in [6, 6.07) is 17.5. The minimum Gasteiger partial charge on any atom is -0.479 e. The van der Waals surface area contributed by atoms with Crippen LogP contribution in [0.1, 0.15) is 37.8 Å². The van der Waals surface area contributed by atoms with E-state index in [1.807, 2.05) is 36.4 Å². The van der Waals surface area contributed by atoms with Gasteiger partial charge in [0.2, 0.25) is 11.8 Å². The number of hydrogen-bond donors (Lipinski definition) is 4. The molecule has 0 fully saturated rings. The van der Waals surface area contributed by atoms with Gasteiger partial charge >= 0.3 is 5.97 Å². The van der Waals surface area contributed by atoms with E-state index in [9.17, 15) is 24.6 Å². The monoisotopic (exact) mass is 502 g/mol. The number of aromatic nitrogens is 1. The van der Waals surface area contributed by atoms with E-state index in [-0.39, 0.29) is 5.56 Å². The third-order valence-corrected chi connectivity index (χ3v) is 6.10. The first-order valence-electron chi connectivity index (χ1n) is 11.7. The van der Waals surface area contributed by atoms with E-state index in [0.29, 0.717) is 5.56 Å². The van der Waals surface area contributed by atoms with Gasteiger partial charge in [-0.05, 0) is 52.4 Å². The van der Waals surface area contributed by atoms with Gasteiger partial charge in [-0.3, -0.25) is 9.59 Å². The van der Waals surface area contributed by atoms with Crippen LogP contribution in [0, 0.1) is 16.7 Å².